The van der Waals surface area contributed by atoms with Gasteiger partial charge in [-0.2, -0.15) is 0 Å². The molecule has 2 aromatic rings. The molecule has 1 atom stereocenters. The zero-order chi connectivity index (χ0) is 11.5. The Labute approximate surface area is 104 Å². The Kier molecular flexibility index (Phi) is 3.59. The zero-order valence-corrected chi connectivity index (χ0v) is 10.8. The Morgan fingerprint density at radius 3 is 2.62 bits per heavy atom. The molecule has 1 aromatic carbocycles. The smallest absolute Gasteiger partial charge is 0.123 e. The number of hydrogen-bond acceptors (Lipinski definition) is 3. The summed E-state index contributed by atoms with van der Waals surface area (Å²) in [7, 11) is 1.95. The van der Waals surface area contributed by atoms with Gasteiger partial charge in [-0.05, 0) is 26.1 Å². The van der Waals surface area contributed by atoms with Gasteiger partial charge in [-0.3, -0.25) is 0 Å². The van der Waals surface area contributed by atoms with Crippen molar-refractivity contribution in [3.63, 3.8) is 0 Å². The normalized spacial score (nSPS) is 12.7. The van der Waals surface area contributed by atoms with Gasteiger partial charge in [0, 0.05) is 27.7 Å². The van der Waals surface area contributed by atoms with Crippen LogP contribution in [0.25, 0.3) is 10.6 Å². The van der Waals surface area contributed by atoms with Gasteiger partial charge in [0.2, 0.25) is 0 Å². The molecule has 1 N–H and O–H groups in total. The predicted octanol–water partition coefficient (Wildman–Crippen LogP) is 3.74. The fourth-order valence-electron chi connectivity index (χ4n) is 1.35. The van der Waals surface area contributed by atoms with E-state index in [1.54, 1.807) is 11.3 Å². The predicted molar refractivity (Wildman–Crippen MR) is 70.0 cm³/mol. The van der Waals surface area contributed by atoms with Gasteiger partial charge in [0.25, 0.3) is 0 Å². The average Bonchev–Trinajstić information content (AvgIpc) is 2.78. The molecule has 0 fully saturated rings. The van der Waals surface area contributed by atoms with E-state index in [-0.39, 0.29) is 0 Å². The van der Waals surface area contributed by atoms with Gasteiger partial charge in [0.05, 0.1) is 0 Å². The van der Waals surface area contributed by atoms with E-state index >= 15 is 0 Å². The van der Waals surface area contributed by atoms with E-state index in [4.69, 9.17) is 11.6 Å². The van der Waals surface area contributed by atoms with Crippen LogP contribution in [0.4, 0.5) is 0 Å². The highest BCUT2D eigenvalue weighted by molar-refractivity contribution is 7.15. The lowest BCUT2D eigenvalue weighted by molar-refractivity contribution is 0.662. The van der Waals surface area contributed by atoms with Crippen LogP contribution < -0.4 is 5.32 Å². The molecule has 1 unspecified atom stereocenters. The van der Waals surface area contributed by atoms with E-state index in [0.29, 0.717) is 6.04 Å². The maximum absolute atomic E-state index is 5.85. The van der Waals surface area contributed by atoms with Crippen LogP contribution in [0, 0.1) is 0 Å². The molecule has 0 bridgehead atoms. The number of nitrogens with one attached hydrogen (secondary N) is 1. The molecule has 0 saturated carbocycles. The quantitative estimate of drug-likeness (QED) is 0.900. The molecule has 84 valence electrons. The monoisotopic (exact) mass is 252 g/mol. The summed E-state index contributed by atoms with van der Waals surface area (Å²) >= 11 is 7.56. The highest BCUT2D eigenvalue weighted by Crippen LogP contribution is 2.29. The third-order valence-electron chi connectivity index (χ3n) is 2.47. The van der Waals surface area contributed by atoms with Gasteiger partial charge in [-0.25, -0.2) is 4.98 Å². The Balaban J connectivity index is 2.28. The molecule has 1 heterocycles. The number of benzene rings is 1. The van der Waals surface area contributed by atoms with Crippen molar-refractivity contribution in [3.8, 4) is 10.6 Å². The largest absolute Gasteiger partial charge is 0.312 e. The number of hydrogen-bond donors (Lipinski definition) is 1. The minimum absolute atomic E-state index is 0.346. The summed E-state index contributed by atoms with van der Waals surface area (Å²) in [6, 6.07) is 8.11. The Morgan fingerprint density at radius 2 is 2.00 bits per heavy atom. The van der Waals surface area contributed by atoms with E-state index in [9.17, 15) is 0 Å². The van der Waals surface area contributed by atoms with E-state index in [2.05, 4.69) is 17.2 Å². The van der Waals surface area contributed by atoms with E-state index < -0.39 is 0 Å². The maximum atomic E-state index is 5.85. The van der Waals surface area contributed by atoms with Crippen LogP contribution in [0.15, 0.2) is 30.5 Å². The first kappa shape index (κ1) is 11.6. The van der Waals surface area contributed by atoms with Crippen LogP contribution in [0.2, 0.25) is 5.02 Å². The summed E-state index contributed by atoms with van der Waals surface area (Å²) in [6.45, 7) is 2.12. The lowest BCUT2D eigenvalue weighted by atomic mass is 10.2. The first-order valence-corrected chi connectivity index (χ1v) is 6.29. The Hall–Kier alpha value is -0.900. The molecule has 1 aromatic heterocycles. The van der Waals surface area contributed by atoms with Crippen LogP contribution in [0.5, 0.6) is 0 Å². The SMILES string of the molecule is CNC(C)c1cnc(-c2ccc(Cl)cc2)s1. The molecule has 0 aliphatic rings. The first-order chi connectivity index (χ1) is 7.70. The van der Waals surface area contributed by atoms with Crippen molar-refractivity contribution in [2.75, 3.05) is 7.05 Å². The van der Waals surface area contributed by atoms with Crippen LogP contribution in [-0.4, -0.2) is 12.0 Å². The molecule has 2 nitrogen and oxygen atoms in total. The van der Waals surface area contributed by atoms with E-state index in [0.717, 1.165) is 15.6 Å². The number of nitrogens with zero attached hydrogens (tertiary/aromatic N) is 1. The molecule has 0 aliphatic carbocycles. The van der Waals surface area contributed by atoms with Crippen LogP contribution in [0.1, 0.15) is 17.8 Å². The molecule has 0 spiro atoms. The lowest BCUT2D eigenvalue weighted by Crippen LogP contribution is -2.10. The molecule has 0 aliphatic heterocycles. The second-order valence-corrected chi connectivity index (χ2v) is 5.08. The molecule has 2 rings (SSSR count). The van der Waals surface area contributed by atoms with Crippen molar-refractivity contribution in [1.29, 1.82) is 0 Å². The lowest BCUT2D eigenvalue weighted by Gasteiger charge is -2.04. The van der Waals surface area contributed by atoms with E-state index in [1.165, 1.54) is 4.88 Å². The van der Waals surface area contributed by atoms with Crippen LogP contribution in [-0.2, 0) is 0 Å². The third-order valence-corrected chi connectivity index (χ3v) is 3.96. The molecule has 16 heavy (non-hydrogen) atoms. The summed E-state index contributed by atoms with van der Waals surface area (Å²) in [4.78, 5) is 5.66. The zero-order valence-electron chi connectivity index (χ0n) is 9.20. The molecule has 4 heteroatoms. The Bertz CT molecular complexity index is 464. The highest BCUT2D eigenvalue weighted by atomic mass is 35.5. The van der Waals surface area contributed by atoms with Gasteiger partial charge in [-0.15, -0.1) is 11.3 Å². The molecule has 0 saturated heterocycles. The standard InChI is InChI=1S/C12H13ClN2S/c1-8(14-2)11-7-15-12(16-11)9-3-5-10(13)6-4-9/h3-8,14H,1-2H3. The number of thiazole rings is 1. The van der Waals surface area contributed by atoms with Gasteiger partial charge in [0.15, 0.2) is 0 Å². The summed E-state index contributed by atoms with van der Waals surface area (Å²) in [5.74, 6) is 0. The molecular formula is C12H13ClN2S. The second-order valence-electron chi connectivity index (χ2n) is 3.59. The van der Waals surface area contributed by atoms with Crippen LogP contribution >= 0.6 is 22.9 Å². The van der Waals surface area contributed by atoms with Crippen molar-refractivity contribution in [1.82, 2.24) is 10.3 Å². The average molecular weight is 253 g/mol. The highest BCUT2D eigenvalue weighted by Gasteiger charge is 2.08. The maximum Gasteiger partial charge on any atom is 0.123 e. The Morgan fingerprint density at radius 1 is 1.31 bits per heavy atom. The van der Waals surface area contributed by atoms with Crippen molar-refractivity contribution in [2.45, 2.75) is 13.0 Å². The second kappa shape index (κ2) is 4.95. The molecule has 0 radical (unpaired) electrons. The van der Waals surface area contributed by atoms with Crippen molar-refractivity contribution in [3.05, 3.63) is 40.4 Å². The number of aromatic nitrogens is 1. The fourth-order valence-corrected chi connectivity index (χ4v) is 2.46. The van der Waals surface area contributed by atoms with E-state index in [1.807, 2.05) is 37.5 Å². The summed E-state index contributed by atoms with van der Waals surface area (Å²) in [5, 5.41) is 4.99. The summed E-state index contributed by atoms with van der Waals surface area (Å²) < 4.78 is 0. The van der Waals surface area contributed by atoms with Crippen molar-refractivity contribution in [2.24, 2.45) is 0 Å². The molecule has 0 amide bonds. The van der Waals surface area contributed by atoms with Gasteiger partial charge in [0.1, 0.15) is 5.01 Å². The number of rotatable bonds is 3. The summed E-state index contributed by atoms with van der Waals surface area (Å²) in [6.07, 6.45) is 1.93. The minimum atomic E-state index is 0.346. The topological polar surface area (TPSA) is 24.9 Å². The molecular weight excluding hydrogens is 240 g/mol. The fraction of sp³-hybridized carbons (Fsp3) is 0.250. The van der Waals surface area contributed by atoms with Gasteiger partial charge in [-0.1, -0.05) is 23.7 Å². The van der Waals surface area contributed by atoms with Gasteiger partial charge >= 0.3 is 0 Å². The van der Waals surface area contributed by atoms with Crippen molar-refractivity contribution < 1.29 is 0 Å². The number of halogens is 1. The first-order valence-electron chi connectivity index (χ1n) is 5.09. The van der Waals surface area contributed by atoms with Gasteiger partial charge < -0.3 is 5.32 Å². The summed E-state index contributed by atoms with van der Waals surface area (Å²) in [5.41, 5.74) is 1.11. The third kappa shape index (κ3) is 2.43. The van der Waals surface area contributed by atoms with Crippen molar-refractivity contribution >= 4 is 22.9 Å². The minimum Gasteiger partial charge on any atom is -0.312 e. The van der Waals surface area contributed by atoms with Crippen LogP contribution in [0.3, 0.4) is 0 Å².